The number of ether oxygens (including phenoxy) is 1. The first-order valence-corrected chi connectivity index (χ1v) is 9.04. The van der Waals surface area contributed by atoms with Gasteiger partial charge in [-0.2, -0.15) is 0 Å². The molecule has 2 rings (SSSR count). The molecule has 1 heterocycles. The Morgan fingerprint density at radius 1 is 1.23 bits per heavy atom. The van der Waals surface area contributed by atoms with Crippen molar-refractivity contribution in [3.05, 3.63) is 28.8 Å². The Bertz CT molecular complexity index is 672. The number of nitrogens with zero attached hydrogens (tertiary/aromatic N) is 1. The Morgan fingerprint density at radius 2 is 1.92 bits per heavy atom. The van der Waals surface area contributed by atoms with Gasteiger partial charge in [0.2, 0.25) is 11.8 Å². The molecular formula is C18H24ClN3O4. The topological polar surface area (TPSA) is 87.7 Å². The van der Waals surface area contributed by atoms with Crippen molar-refractivity contribution < 1.29 is 19.1 Å². The Morgan fingerprint density at radius 3 is 2.54 bits per heavy atom. The predicted molar refractivity (Wildman–Crippen MR) is 99.2 cm³/mol. The lowest BCUT2D eigenvalue weighted by atomic mass is 10.1. The van der Waals surface area contributed by atoms with Crippen molar-refractivity contribution in [2.45, 2.75) is 39.2 Å². The van der Waals surface area contributed by atoms with Crippen LogP contribution in [0.25, 0.3) is 0 Å². The fraction of sp³-hybridized carbons (Fsp3) is 0.500. The van der Waals surface area contributed by atoms with Crippen molar-refractivity contribution in [1.29, 1.82) is 0 Å². The van der Waals surface area contributed by atoms with Crippen molar-refractivity contribution in [3.63, 3.8) is 0 Å². The maximum Gasteiger partial charge on any atom is 0.409 e. The van der Waals surface area contributed by atoms with Crippen LogP contribution in [0.5, 0.6) is 0 Å². The lowest BCUT2D eigenvalue weighted by Crippen LogP contribution is -2.47. The Hall–Kier alpha value is -2.28. The van der Waals surface area contributed by atoms with E-state index in [-0.39, 0.29) is 30.4 Å². The maximum absolute atomic E-state index is 12.1. The first kappa shape index (κ1) is 20.0. The van der Waals surface area contributed by atoms with Gasteiger partial charge in [0.05, 0.1) is 6.61 Å². The summed E-state index contributed by atoms with van der Waals surface area (Å²) in [5.41, 5.74) is 1.47. The van der Waals surface area contributed by atoms with Gasteiger partial charge in [-0.15, -0.1) is 0 Å². The number of rotatable bonds is 5. The summed E-state index contributed by atoms with van der Waals surface area (Å²) >= 11 is 5.88. The first-order chi connectivity index (χ1) is 12.4. The molecule has 0 atom stereocenters. The summed E-state index contributed by atoms with van der Waals surface area (Å²) in [4.78, 5) is 37.4. The number of benzene rings is 1. The van der Waals surface area contributed by atoms with Gasteiger partial charge in [-0.1, -0.05) is 11.6 Å². The van der Waals surface area contributed by atoms with Crippen LogP contribution in [-0.4, -0.2) is 48.5 Å². The summed E-state index contributed by atoms with van der Waals surface area (Å²) in [6.45, 7) is 5.00. The quantitative estimate of drug-likeness (QED) is 0.767. The summed E-state index contributed by atoms with van der Waals surface area (Å²) in [5, 5.41) is 6.16. The van der Waals surface area contributed by atoms with Crippen LogP contribution in [0.15, 0.2) is 18.2 Å². The molecule has 0 aliphatic carbocycles. The zero-order valence-corrected chi connectivity index (χ0v) is 15.8. The van der Waals surface area contributed by atoms with Gasteiger partial charge in [0, 0.05) is 29.8 Å². The van der Waals surface area contributed by atoms with E-state index in [1.165, 1.54) is 0 Å². The van der Waals surface area contributed by atoms with Crippen LogP contribution in [0.2, 0.25) is 5.02 Å². The fourth-order valence-corrected chi connectivity index (χ4v) is 3.03. The fourth-order valence-electron chi connectivity index (χ4n) is 2.81. The first-order valence-electron chi connectivity index (χ1n) is 8.66. The third-order valence-corrected chi connectivity index (χ3v) is 4.40. The number of nitrogens with one attached hydrogen (secondary N) is 2. The molecule has 3 amide bonds. The van der Waals surface area contributed by atoms with Gasteiger partial charge in [-0.25, -0.2) is 4.79 Å². The maximum atomic E-state index is 12.1. The van der Waals surface area contributed by atoms with Gasteiger partial charge in [0.1, 0.15) is 6.42 Å². The predicted octanol–water partition coefficient (Wildman–Crippen LogP) is 2.71. The third kappa shape index (κ3) is 5.91. The smallest absolute Gasteiger partial charge is 0.409 e. The molecule has 1 fully saturated rings. The zero-order chi connectivity index (χ0) is 19.1. The van der Waals surface area contributed by atoms with Gasteiger partial charge in [0.25, 0.3) is 0 Å². The minimum absolute atomic E-state index is 0.0433. The largest absolute Gasteiger partial charge is 0.450 e. The van der Waals surface area contributed by atoms with Gasteiger partial charge in [0.15, 0.2) is 0 Å². The van der Waals surface area contributed by atoms with Crippen LogP contribution >= 0.6 is 11.6 Å². The summed E-state index contributed by atoms with van der Waals surface area (Å²) in [6, 6.07) is 5.09. The lowest BCUT2D eigenvalue weighted by molar-refractivity contribution is -0.127. The van der Waals surface area contributed by atoms with Gasteiger partial charge >= 0.3 is 6.09 Å². The molecule has 1 aromatic carbocycles. The number of likely N-dealkylation sites (tertiary alicyclic amines) is 1. The van der Waals surface area contributed by atoms with E-state index >= 15 is 0 Å². The average molecular weight is 382 g/mol. The molecule has 0 saturated carbocycles. The molecular weight excluding hydrogens is 358 g/mol. The summed E-state index contributed by atoms with van der Waals surface area (Å²) < 4.78 is 4.96. The van der Waals surface area contributed by atoms with E-state index in [0.717, 1.165) is 5.56 Å². The molecule has 1 aromatic rings. The van der Waals surface area contributed by atoms with E-state index in [1.54, 1.807) is 30.0 Å². The van der Waals surface area contributed by atoms with Gasteiger partial charge in [-0.3, -0.25) is 9.59 Å². The second kappa shape index (κ2) is 9.43. The van der Waals surface area contributed by atoms with Crippen LogP contribution in [0, 0.1) is 6.92 Å². The Balaban J connectivity index is 1.75. The van der Waals surface area contributed by atoms with E-state index in [1.807, 2.05) is 6.92 Å². The number of anilines is 1. The molecule has 0 bridgehead atoms. The number of amides is 3. The van der Waals surface area contributed by atoms with E-state index in [2.05, 4.69) is 10.6 Å². The average Bonchev–Trinajstić information content (AvgIpc) is 2.58. The van der Waals surface area contributed by atoms with Crippen molar-refractivity contribution in [1.82, 2.24) is 10.2 Å². The molecule has 0 unspecified atom stereocenters. The van der Waals surface area contributed by atoms with E-state index in [9.17, 15) is 14.4 Å². The van der Waals surface area contributed by atoms with Gasteiger partial charge in [-0.05, 0) is 50.5 Å². The SMILES string of the molecule is CCOC(=O)N1CCC(NC(=O)CC(=O)Nc2ccc(Cl)cc2C)CC1. The minimum Gasteiger partial charge on any atom is -0.450 e. The molecule has 142 valence electrons. The number of hydrogen-bond donors (Lipinski definition) is 2. The minimum atomic E-state index is -0.378. The van der Waals surface area contributed by atoms with Crippen molar-refractivity contribution in [2.24, 2.45) is 0 Å². The third-order valence-electron chi connectivity index (χ3n) is 4.17. The Kier molecular flexibility index (Phi) is 7.26. The molecule has 2 N–H and O–H groups in total. The molecule has 7 nitrogen and oxygen atoms in total. The second-order valence-corrected chi connectivity index (χ2v) is 6.65. The summed E-state index contributed by atoms with van der Waals surface area (Å²) in [7, 11) is 0. The van der Waals surface area contributed by atoms with Crippen LogP contribution < -0.4 is 10.6 Å². The van der Waals surface area contributed by atoms with E-state index in [4.69, 9.17) is 16.3 Å². The highest BCUT2D eigenvalue weighted by Crippen LogP contribution is 2.19. The molecule has 1 saturated heterocycles. The highest BCUT2D eigenvalue weighted by Gasteiger charge is 2.25. The van der Waals surface area contributed by atoms with Gasteiger partial charge < -0.3 is 20.3 Å². The molecule has 0 aromatic heterocycles. The second-order valence-electron chi connectivity index (χ2n) is 6.21. The number of halogens is 1. The number of piperidine rings is 1. The number of hydrogen-bond acceptors (Lipinski definition) is 4. The van der Waals surface area contributed by atoms with E-state index < -0.39 is 0 Å². The van der Waals surface area contributed by atoms with Crippen LogP contribution in [-0.2, 0) is 14.3 Å². The van der Waals surface area contributed by atoms with Crippen LogP contribution in [0.3, 0.4) is 0 Å². The Labute approximate surface area is 158 Å². The molecule has 1 aliphatic rings. The molecule has 8 heteroatoms. The number of aryl methyl sites for hydroxylation is 1. The number of carbonyl (C=O) groups excluding carboxylic acids is 3. The van der Waals surface area contributed by atoms with Crippen LogP contribution in [0.4, 0.5) is 10.5 Å². The normalized spacial score (nSPS) is 14.7. The summed E-state index contributed by atoms with van der Waals surface area (Å²) in [5.74, 6) is -0.708. The summed E-state index contributed by atoms with van der Waals surface area (Å²) in [6.07, 6.45) is 0.709. The molecule has 0 spiro atoms. The van der Waals surface area contributed by atoms with Crippen molar-refractivity contribution >= 4 is 35.2 Å². The van der Waals surface area contributed by atoms with Crippen LogP contribution in [0.1, 0.15) is 31.7 Å². The molecule has 0 radical (unpaired) electrons. The monoisotopic (exact) mass is 381 g/mol. The zero-order valence-electron chi connectivity index (χ0n) is 15.0. The van der Waals surface area contributed by atoms with E-state index in [0.29, 0.717) is 43.2 Å². The van der Waals surface area contributed by atoms with Crippen molar-refractivity contribution in [3.8, 4) is 0 Å². The lowest BCUT2D eigenvalue weighted by Gasteiger charge is -2.31. The molecule has 1 aliphatic heterocycles. The highest BCUT2D eigenvalue weighted by molar-refractivity contribution is 6.30. The molecule has 26 heavy (non-hydrogen) atoms. The van der Waals surface area contributed by atoms with Crippen molar-refractivity contribution in [2.75, 3.05) is 25.0 Å². The standard InChI is InChI=1S/C18H24ClN3O4/c1-3-26-18(25)22-8-6-14(7-9-22)20-16(23)11-17(24)21-15-5-4-13(19)10-12(15)2/h4-5,10,14H,3,6-9,11H2,1-2H3,(H,20,23)(H,21,24). The highest BCUT2D eigenvalue weighted by atomic mass is 35.5. The number of carbonyl (C=O) groups is 3.